The number of aromatic amines is 1. The summed E-state index contributed by atoms with van der Waals surface area (Å²) in [6.07, 6.45) is 0.956. The molecule has 0 saturated carbocycles. The third-order valence-corrected chi connectivity index (χ3v) is 3.38. The van der Waals surface area contributed by atoms with Gasteiger partial charge < -0.3 is 10.3 Å². The number of halogens is 1. The van der Waals surface area contributed by atoms with Gasteiger partial charge in [0.25, 0.3) is 5.56 Å². The quantitative estimate of drug-likeness (QED) is 0.857. The highest BCUT2D eigenvalue weighted by Gasteiger charge is 2.11. The van der Waals surface area contributed by atoms with Crippen molar-refractivity contribution >= 4 is 5.91 Å². The fraction of sp³-hybridized carbons (Fsp3) is 0.353. The second-order valence-electron chi connectivity index (χ2n) is 5.75. The van der Waals surface area contributed by atoms with Gasteiger partial charge in [-0.05, 0) is 37.0 Å². The van der Waals surface area contributed by atoms with Crippen molar-refractivity contribution in [2.24, 2.45) is 5.92 Å². The van der Waals surface area contributed by atoms with Gasteiger partial charge in [0.15, 0.2) is 0 Å². The first kappa shape index (κ1) is 16.9. The Bertz CT molecular complexity index is 743. The van der Waals surface area contributed by atoms with Crippen molar-refractivity contribution < 1.29 is 9.18 Å². The fourth-order valence-corrected chi connectivity index (χ4v) is 2.43. The van der Waals surface area contributed by atoms with Crippen LogP contribution in [0.15, 0.2) is 35.1 Å². The van der Waals surface area contributed by atoms with Crippen molar-refractivity contribution in [3.8, 4) is 0 Å². The molecule has 0 saturated heterocycles. The molecule has 0 aliphatic carbocycles. The van der Waals surface area contributed by atoms with Crippen molar-refractivity contribution in [2.75, 3.05) is 0 Å². The fourth-order valence-electron chi connectivity index (χ4n) is 2.43. The summed E-state index contributed by atoms with van der Waals surface area (Å²) in [6.45, 7) is 3.85. The Labute approximate surface area is 134 Å². The first-order chi connectivity index (χ1) is 10.9. The Hall–Kier alpha value is -2.50. The second kappa shape index (κ2) is 7.67. The molecule has 122 valence electrons. The number of amides is 1. The maximum Gasteiger partial charge on any atom is 0.251 e. The van der Waals surface area contributed by atoms with E-state index in [1.807, 2.05) is 13.0 Å². The third kappa shape index (κ3) is 5.65. The summed E-state index contributed by atoms with van der Waals surface area (Å²) >= 11 is 0. The molecule has 0 fully saturated rings. The summed E-state index contributed by atoms with van der Waals surface area (Å²) in [6, 6.07) is 7.79. The number of carbonyl (C=O) groups excluding carboxylic acids is 1. The van der Waals surface area contributed by atoms with Gasteiger partial charge in [0.1, 0.15) is 11.6 Å². The van der Waals surface area contributed by atoms with Gasteiger partial charge in [0.05, 0.1) is 6.54 Å². The van der Waals surface area contributed by atoms with Gasteiger partial charge in [0, 0.05) is 18.2 Å². The minimum atomic E-state index is -0.270. The first-order valence-electron chi connectivity index (χ1n) is 7.50. The number of nitrogens with one attached hydrogen (secondary N) is 2. The van der Waals surface area contributed by atoms with Gasteiger partial charge >= 0.3 is 0 Å². The van der Waals surface area contributed by atoms with E-state index in [0.717, 1.165) is 5.56 Å². The van der Waals surface area contributed by atoms with Gasteiger partial charge in [-0.25, -0.2) is 9.37 Å². The molecule has 2 N–H and O–H groups in total. The number of aromatic nitrogens is 2. The molecule has 5 nitrogen and oxygen atoms in total. The van der Waals surface area contributed by atoms with Crippen LogP contribution in [0, 0.1) is 18.7 Å². The SMILES string of the molecule is Cc1cc(=O)[nH]c(CNC(=O)CC(C)Cc2cccc(F)c2)n1. The maximum atomic E-state index is 13.1. The van der Waals surface area contributed by atoms with Crippen molar-refractivity contribution in [1.29, 1.82) is 0 Å². The zero-order chi connectivity index (χ0) is 16.8. The Morgan fingerprint density at radius 2 is 2.17 bits per heavy atom. The Morgan fingerprint density at radius 1 is 1.39 bits per heavy atom. The molecule has 1 amide bonds. The molecule has 0 radical (unpaired) electrons. The van der Waals surface area contributed by atoms with Crippen LogP contribution < -0.4 is 10.9 Å². The summed E-state index contributed by atoms with van der Waals surface area (Å²) in [5, 5.41) is 2.74. The Balaban J connectivity index is 1.83. The van der Waals surface area contributed by atoms with E-state index in [9.17, 15) is 14.0 Å². The van der Waals surface area contributed by atoms with E-state index in [2.05, 4.69) is 15.3 Å². The molecule has 1 unspecified atom stereocenters. The lowest BCUT2D eigenvalue weighted by Crippen LogP contribution is -2.27. The highest BCUT2D eigenvalue weighted by Crippen LogP contribution is 2.13. The largest absolute Gasteiger partial charge is 0.349 e. The lowest BCUT2D eigenvalue weighted by Gasteiger charge is -2.12. The molecule has 6 heteroatoms. The van der Waals surface area contributed by atoms with Crippen LogP contribution in [0.3, 0.4) is 0 Å². The number of carbonyl (C=O) groups is 1. The number of hydrogen-bond acceptors (Lipinski definition) is 3. The average Bonchev–Trinajstić information content (AvgIpc) is 2.44. The van der Waals surface area contributed by atoms with E-state index in [1.165, 1.54) is 18.2 Å². The van der Waals surface area contributed by atoms with Crippen LogP contribution in [0.2, 0.25) is 0 Å². The van der Waals surface area contributed by atoms with Crippen LogP contribution in [0.4, 0.5) is 4.39 Å². The first-order valence-corrected chi connectivity index (χ1v) is 7.50. The highest BCUT2D eigenvalue weighted by molar-refractivity contribution is 5.76. The number of H-pyrrole nitrogens is 1. The van der Waals surface area contributed by atoms with Crippen LogP contribution in [0.25, 0.3) is 0 Å². The van der Waals surface area contributed by atoms with Crippen LogP contribution in [0.5, 0.6) is 0 Å². The molecule has 2 rings (SSSR count). The summed E-state index contributed by atoms with van der Waals surface area (Å²) in [5.74, 6) is 0.120. The van der Waals surface area contributed by atoms with Crippen molar-refractivity contribution in [2.45, 2.75) is 33.2 Å². The van der Waals surface area contributed by atoms with Gasteiger partial charge in [-0.15, -0.1) is 0 Å². The molecule has 2 aromatic rings. The minimum Gasteiger partial charge on any atom is -0.349 e. The number of hydrogen-bond donors (Lipinski definition) is 2. The van der Waals surface area contributed by atoms with E-state index in [0.29, 0.717) is 24.4 Å². The van der Waals surface area contributed by atoms with E-state index >= 15 is 0 Å². The van der Waals surface area contributed by atoms with Crippen LogP contribution in [0.1, 0.15) is 30.4 Å². The Kier molecular flexibility index (Phi) is 5.62. The van der Waals surface area contributed by atoms with Gasteiger partial charge in [-0.2, -0.15) is 0 Å². The lowest BCUT2D eigenvalue weighted by molar-refractivity contribution is -0.122. The predicted octanol–water partition coefficient (Wildman–Crippen LogP) is 2.10. The van der Waals surface area contributed by atoms with E-state index < -0.39 is 0 Å². The van der Waals surface area contributed by atoms with Crippen molar-refractivity contribution in [1.82, 2.24) is 15.3 Å². The molecular formula is C17H20FN3O2. The van der Waals surface area contributed by atoms with E-state index in [1.54, 1.807) is 13.0 Å². The average molecular weight is 317 g/mol. The molecule has 0 spiro atoms. The van der Waals surface area contributed by atoms with Crippen LogP contribution in [-0.2, 0) is 17.8 Å². The molecule has 1 aromatic carbocycles. The maximum absolute atomic E-state index is 13.1. The summed E-state index contributed by atoms with van der Waals surface area (Å²) in [7, 11) is 0. The molecule has 0 aliphatic rings. The number of nitrogens with zero attached hydrogens (tertiary/aromatic N) is 1. The summed E-state index contributed by atoms with van der Waals surface area (Å²) < 4.78 is 13.1. The van der Waals surface area contributed by atoms with Crippen molar-refractivity contribution in [3.05, 3.63) is 63.6 Å². The Morgan fingerprint density at radius 3 is 2.87 bits per heavy atom. The third-order valence-electron chi connectivity index (χ3n) is 3.38. The standard InChI is InChI=1S/C17H20FN3O2/c1-11(6-13-4-3-5-14(18)9-13)7-16(22)19-10-15-20-12(2)8-17(23)21-15/h3-5,8-9,11H,6-7,10H2,1-2H3,(H,19,22)(H,20,21,23). The second-order valence-corrected chi connectivity index (χ2v) is 5.75. The van der Waals surface area contributed by atoms with Crippen LogP contribution >= 0.6 is 0 Å². The van der Waals surface area contributed by atoms with Gasteiger partial charge in [-0.3, -0.25) is 9.59 Å². The number of aryl methyl sites for hydroxylation is 1. The highest BCUT2D eigenvalue weighted by atomic mass is 19.1. The topological polar surface area (TPSA) is 74.8 Å². The van der Waals surface area contributed by atoms with Crippen molar-refractivity contribution in [3.63, 3.8) is 0 Å². The van der Waals surface area contributed by atoms with E-state index in [4.69, 9.17) is 0 Å². The number of benzene rings is 1. The van der Waals surface area contributed by atoms with E-state index in [-0.39, 0.29) is 29.7 Å². The van der Waals surface area contributed by atoms with Gasteiger partial charge in [0.2, 0.25) is 5.91 Å². The molecule has 0 aliphatic heterocycles. The molecule has 1 aromatic heterocycles. The molecular weight excluding hydrogens is 297 g/mol. The zero-order valence-electron chi connectivity index (χ0n) is 13.2. The lowest BCUT2D eigenvalue weighted by atomic mass is 9.98. The smallest absolute Gasteiger partial charge is 0.251 e. The monoisotopic (exact) mass is 317 g/mol. The minimum absolute atomic E-state index is 0.0846. The number of rotatable bonds is 6. The molecule has 1 heterocycles. The molecule has 0 bridgehead atoms. The normalized spacial score (nSPS) is 12.0. The molecule has 23 heavy (non-hydrogen) atoms. The summed E-state index contributed by atoms with van der Waals surface area (Å²) in [5.41, 5.74) is 1.24. The van der Waals surface area contributed by atoms with Gasteiger partial charge in [-0.1, -0.05) is 19.1 Å². The zero-order valence-corrected chi connectivity index (χ0v) is 13.2. The summed E-state index contributed by atoms with van der Waals surface area (Å²) in [4.78, 5) is 30.0. The molecule has 1 atom stereocenters. The predicted molar refractivity (Wildman–Crippen MR) is 85.3 cm³/mol. The van der Waals surface area contributed by atoms with Crippen LogP contribution in [-0.4, -0.2) is 15.9 Å².